The second-order valence-electron chi connectivity index (χ2n) is 5.60. The summed E-state index contributed by atoms with van der Waals surface area (Å²) >= 11 is 0. The highest BCUT2D eigenvalue weighted by Crippen LogP contribution is 2.32. The van der Waals surface area contributed by atoms with Gasteiger partial charge in [-0.15, -0.1) is 0 Å². The van der Waals surface area contributed by atoms with E-state index in [1.54, 1.807) is 24.3 Å². The molecule has 25 heavy (non-hydrogen) atoms. The highest BCUT2D eigenvalue weighted by Gasteiger charge is 2.40. The molecule has 2 heterocycles. The van der Waals surface area contributed by atoms with E-state index in [2.05, 4.69) is 4.98 Å². The van der Waals surface area contributed by atoms with Gasteiger partial charge in [-0.2, -0.15) is 13.2 Å². The number of hydrogen-bond donors (Lipinski definition) is 0. The smallest absolute Gasteiger partial charge is 0.433 e. The summed E-state index contributed by atoms with van der Waals surface area (Å²) in [4.78, 5) is 29.1. The van der Waals surface area contributed by atoms with E-state index in [1.165, 1.54) is 14.0 Å². The molecule has 0 bridgehead atoms. The van der Waals surface area contributed by atoms with Crippen LogP contribution >= 0.6 is 0 Å². The number of methoxy groups -OCH3 is 1. The molecule has 0 aliphatic carbocycles. The highest BCUT2D eigenvalue weighted by atomic mass is 19.4. The number of rotatable bonds is 3. The molecule has 1 aliphatic heterocycles. The predicted molar refractivity (Wildman–Crippen MR) is 82.4 cm³/mol. The highest BCUT2D eigenvalue weighted by molar-refractivity contribution is 5.98. The summed E-state index contributed by atoms with van der Waals surface area (Å²) in [5.74, 6) is -0.174. The molecule has 2 aromatic rings. The molecule has 1 aliphatic rings. The van der Waals surface area contributed by atoms with Crippen molar-refractivity contribution in [3.63, 3.8) is 0 Å². The third-order valence-corrected chi connectivity index (χ3v) is 3.98. The van der Waals surface area contributed by atoms with Crippen LogP contribution in [0.4, 0.5) is 19.1 Å². The minimum Gasteiger partial charge on any atom is -0.497 e. The fraction of sp³-hybridized carbons (Fsp3) is 0.312. The summed E-state index contributed by atoms with van der Waals surface area (Å²) in [6, 6.07) is 6.22. The van der Waals surface area contributed by atoms with Gasteiger partial charge in [0.2, 0.25) is 5.95 Å². The van der Waals surface area contributed by atoms with Crippen molar-refractivity contribution in [2.24, 2.45) is 0 Å². The third-order valence-electron chi connectivity index (χ3n) is 3.98. The Labute approximate surface area is 140 Å². The van der Waals surface area contributed by atoms with E-state index in [9.17, 15) is 22.8 Å². The lowest BCUT2D eigenvalue weighted by atomic mass is 10.2. The lowest BCUT2D eigenvalue weighted by molar-refractivity contribution is -0.141. The standard InChI is InChI=1S/C16H14F3N3O3/c1-9-14(24)21(8-10-3-5-11(25-2)6-4-10)15-20-12(16(17,18)19)7-13(23)22(9)15/h3-7,9H,8H2,1-2H3. The Morgan fingerprint density at radius 1 is 1.20 bits per heavy atom. The van der Waals surface area contributed by atoms with Crippen LogP contribution in [0.25, 0.3) is 0 Å². The number of nitrogens with zero attached hydrogens (tertiary/aromatic N) is 3. The molecular weight excluding hydrogens is 339 g/mol. The summed E-state index contributed by atoms with van der Waals surface area (Å²) < 4.78 is 44.8. The summed E-state index contributed by atoms with van der Waals surface area (Å²) in [5, 5.41) is 0. The number of ether oxygens (including phenoxy) is 1. The molecule has 0 fully saturated rings. The number of halogens is 3. The van der Waals surface area contributed by atoms with Gasteiger partial charge in [-0.3, -0.25) is 19.1 Å². The number of benzene rings is 1. The minimum absolute atomic E-state index is 0.000911. The van der Waals surface area contributed by atoms with Crippen LogP contribution in [0.5, 0.6) is 5.75 Å². The average molecular weight is 353 g/mol. The van der Waals surface area contributed by atoms with Crippen molar-refractivity contribution in [3.8, 4) is 5.75 Å². The topological polar surface area (TPSA) is 64.4 Å². The lowest BCUT2D eigenvalue weighted by Crippen LogP contribution is -2.28. The molecular formula is C16H14F3N3O3. The Hall–Kier alpha value is -2.84. The molecule has 1 unspecified atom stereocenters. The molecule has 132 valence electrons. The first kappa shape index (κ1) is 17.0. The van der Waals surface area contributed by atoms with Crippen LogP contribution in [0, 0.1) is 0 Å². The van der Waals surface area contributed by atoms with Crippen LogP contribution in [-0.4, -0.2) is 22.6 Å². The van der Waals surface area contributed by atoms with Gasteiger partial charge in [0, 0.05) is 6.07 Å². The molecule has 1 aromatic carbocycles. The van der Waals surface area contributed by atoms with Crippen LogP contribution < -0.4 is 15.2 Å². The SMILES string of the molecule is COc1ccc(CN2C(=O)C(C)n3c2nc(C(F)(F)F)cc3=O)cc1. The van der Waals surface area contributed by atoms with E-state index in [4.69, 9.17) is 4.74 Å². The van der Waals surface area contributed by atoms with E-state index in [-0.39, 0.29) is 12.5 Å². The van der Waals surface area contributed by atoms with Crippen molar-refractivity contribution in [2.75, 3.05) is 12.0 Å². The average Bonchev–Trinajstić information content (AvgIpc) is 2.80. The van der Waals surface area contributed by atoms with Gasteiger partial charge in [0.15, 0.2) is 5.69 Å². The third kappa shape index (κ3) is 2.97. The van der Waals surface area contributed by atoms with E-state index in [0.29, 0.717) is 17.4 Å². The Morgan fingerprint density at radius 3 is 2.40 bits per heavy atom. The molecule has 6 nitrogen and oxygen atoms in total. The lowest BCUT2D eigenvalue weighted by Gasteiger charge is -2.16. The summed E-state index contributed by atoms with van der Waals surface area (Å²) in [6.07, 6.45) is -4.77. The zero-order chi connectivity index (χ0) is 18.4. The Bertz CT molecular complexity index is 875. The molecule has 3 rings (SSSR count). The van der Waals surface area contributed by atoms with E-state index >= 15 is 0 Å². The zero-order valence-electron chi connectivity index (χ0n) is 13.4. The van der Waals surface area contributed by atoms with Crippen LogP contribution in [0.15, 0.2) is 35.1 Å². The van der Waals surface area contributed by atoms with Crippen molar-refractivity contribution < 1.29 is 22.7 Å². The number of fused-ring (bicyclic) bond motifs is 1. The Morgan fingerprint density at radius 2 is 1.84 bits per heavy atom. The van der Waals surface area contributed by atoms with Gasteiger partial charge in [-0.1, -0.05) is 12.1 Å². The number of hydrogen-bond acceptors (Lipinski definition) is 4. The molecule has 0 spiro atoms. The molecule has 1 atom stereocenters. The Balaban J connectivity index is 2.03. The molecule has 0 saturated carbocycles. The van der Waals surface area contributed by atoms with Gasteiger partial charge < -0.3 is 4.74 Å². The predicted octanol–water partition coefficient (Wildman–Crippen LogP) is 2.38. The van der Waals surface area contributed by atoms with E-state index < -0.39 is 29.4 Å². The molecule has 9 heteroatoms. The van der Waals surface area contributed by atoms with Crippen molar-refractivity contribution in [1.29, 1.82) is 0 Å². The van der Waals surface area contributed by atoms with Crippen LogP contribution in [0.1, 0.15) is 24.2 Å². The first-order valence-electron chi connectivity index (χ1n) is 7.37. The van der Waals surface area contributed by atoms with Crippen molar-refractivity contribution in [3.05, 3.63) is 51.9 Å². The fourth-order valence-electron chi connectivity index (χ4n) is 2.68. The van der Waals surface area contributed by atoms with Crippen molar-refractivity contribution >= 4 is 11.9 Å². The largest absolute Gasteiger partial charge is 0.497 e. The fourth-order valence-corrected chi connectivity index (χ4v) is 2.68. The minimum atomic E-state index is -4.77. The van der Waals surface area contributed by atoms with Crippen molar-refractivity contribution in [1.82, 2.24) is 9.55 Å². The van der Waals surface area contributed by atoms with Crippen LogP contribution in [0.2, 0.25) is 0 Å². The maximum absolute atomic E-state index is 12.9. The molecule has 0 saturated heterocycles. The van der Waals surface area contributed by atoms with Gasteiger partial charge in [0.05, 0.1) is 13.7 Å². The quantitative estimate of drug-likeness (QED) is 0.850. The summed E-state index contributed by atoms with van der Waals surface area (Å²) in [5.41, 5.74) is -1.55. The van der Waals surface area contributed by atoms with Crippen molar-refractivity contribution in [2.45, 2.75) is 25.7 Å². The van der Waals surface area contributed by atoms with Gasteiger partial charge in [-0.05, 0) is 24.6 Å². The van der Waals surface area contributed by atoms with Gasteiger partial charge in [0.25, 0.3) is 11.5 Å². The molecule has 1 aromatic heterocycles. The zero-order valence-corrected chi connectivity index (χ0v) is 13.4. The maximum Gasteiger partial charge on any atom is 0.433 e. The normalized spacial score (nSPS) is 16.9. The summed E-state index contributed by atoms with van der Waals surface area (Å²) in [7, 11) is 1.51. The van der Waals surface area contributed by atoms with E-state index in [1.807, 2.05) is 0 Å². The van der Waals surface area contributed by atoms with Gasteiger partial charge >= 0.3 is 6.18 Å². The number of alkyl halides is 3. The molecule has 0 radical (unpaired) electrons. The summed E-state index contributed by atoms with van der Waals surface area (Å²) in [6.45, 7) is 1.46. The molecule has 1 amide bonds. The second-order valence-corrected chi connectivity index (χ2v) is 5.60. The van der Waals surface area contributed by atoms with Gasteiger partial charge in [-0.25, -0.2) is 4.98 Å². The number of anilines is 1. The first-order chi connectivity index (χ1) is 11.7. The molecule has 0 N–H and O–H groups in total. The van der Waals surface area contributed by atoms with Crippen LogP contribution in [0.3, 0.4) is 0 Å². The number of carbonyl (C=O) groups is 1. The first-order valence-corrected chi connectivity index (χ1v) is 7.37. The number of aromatic nitrogens is 2. The van der Waals surface area contributed by atoms with Crippen LogP contribution in [-0.2, 0) is 17.5 Å². The maximum atomic E-state index is 12.9. The Kier molecular flexibility index (Phi) is 4.02. The van der Waals surface area contributed by atoms with E-state index in [0.717, 1.165) is 9.47 Å². The monoisotopic (exact) mass is 353 g/mol. The number of carbonyl (C=O) groups excluding carboxylic acids is 1. The number of amides is 1. The second kappa shape index (κ2) is 5.91. The van der Waals surface area contributed by atoms with Gasteiger partial charge in [0.1, 0.15) is 11.8 Å².